The van der Waals surface area contributed by atoms with Crippen molar-refractivity contribution in [2.24, 2.45) is 5.92 Å². The van der Waals surface area contributed by atoms with E-state index in [0.717, 1.165) is 25.3 Å². The summed E-state index contributed by atoms with van der Waals surface area (Å²) in [6.45, 7) is 1.26. The first-order chi connectivity index (χ1) is 11.1. The molecule has 2 aliphatic rings. The van der Waals surface area contributed by atoms with Crippen LogP contribution >= 0.6 is 0 Å². The van der Waals surface area contributed by atoms with Gasteiger partial charge in [-0.25, -0.2) is 8.78 Å². The minimum atomic E-state index is -0.683. The summed E-state index contributed by atoms with van der Waals surface area (Å²) in [6, 6.07) is 3.33. The number of halogens is 2. The van der Waals surface area contributed by atoms with Gasteiger partial charge < -0.3 is 9.64 Å². The fraction of sp³-hybridized carbons (Fsp3) is 0.500. The van der Waals surface area contributed by atoms with Gasteiger partial charge in [0.05, 0.1) is 0 Å². The second-order valence-corrected chi connectivity index (χ2v) is 6.20. The zero-order chi connectivity index (χ0) is 16.2. The Kier molecular flexibility index (Phi) is 4.94. The van der Waals surface area contributed by atoms with Crippen molar-refractivity contribution in [2.45, 2.75) is 38.2 Å². The molecule has 3 rings (SSSR count). The average molecular weight is 321 g/mol. The molecule has 0 aromatic heterocycles. The maximum absolute atomic E-state index is 13.6. The molecule has 5 heteroatoms. The van der Waals surface area contributed by atoms with Crippen LogP contribution in [0.25, 0.3) is 0 Å². The summed E-state index contributed by atoms with van der Waals surface area (Å²) in [5, 5.41) is 0. The smallest absolute Gasteiger partial charge is 0.226 e. The van der Waals surface area contributed by atoms with Gasteiger partial charge in [0.1, 0.15) is 11.9 Å². The predicted octanol–water partition coefficient (Wildman–Crippen LogP) is 3.69. The summed E-state index contributed by atoms with van der Waals surface area (Å²) >= 11 is 0. The number of carbonyl (C=O) groups is 1. The Morgan fingerprint density at radius 2 is 1.91 bits per heavy atom. The Morgan fingerprint density at radius 1 is 1.13 bits per heavy atom. The van der Waals surface area contributed by atoms with E-state index < -0.39 is 11.6 Å². The number of ether oxygens (including phenoxy) is 1. The average Bonchev–Trinajstić information content (AvgIpc) is 2.58. The molecule has 0 unspecified atom stereocenters. The second-order valence-electron chi connectivity index (χ2n) is 6.20. The van der Waals surface area contributed by atoms with Gasteiger partial charge in [-0.1, -0.05) is 12.2 Å². The topological polar surface area (TPSA) is 29.5 Å². The van der Waals surface area contributed by atoms with Crippen LogP contribution in [0.5, 0.6) is 5.75 Å². The Hall–Kier alpha value is -1.91. The van der Waals surface area contributed by atoms with Gasteiger partial charge in [-0.2, -0.15) is 0 Å². The minimum Gasteiger partial charge on any atom is -0.487 e. The molecule has 1 fully saturated rings. The molecule has 1 atom stereocenters. The molecule has 23 heavy (non-hydrogen) atoms. The summed E-state index contributed by atoms with van der Waals surface area (Å²) in [5.41, 5.74) is 0. The van der Waals surface area contributed by atoms with Gasteiger partial charge in [0.15, 0.2) is 11.6 Å². The largest absolute Gasteiger partial charge is 0.487 e. The third-order valence-corrected chi connectivity index (χ3v) is 4.56. The molecule has 0 spiro atoms. The van der Waals surface area contributed by atoms with Gasteiger partial charge >= 0.3 is 0 Å². The van der Waals surface area contributed by atoms with Crippen LogP contribution in [0.4, 0.5) is 8.78 Å². The summed E-state index contributed by atoms with van der Waals surface area (Å²) in [7, 11) is 0. The van der Waals surface area contributed by atoms with E-state index in [0.29, 0.717) is 25.9 Å². The van der Waals surface area contributed by atoms with Crippen LogP contribution < -0.4 is 4.74 Å². The number of allylic oxidation sites excluding steroid dienone is 2. The Morgan fingerprint density at radius 3 is 2.57 bits per heavy atom. The second kappa shape index (κ2) is 7.11. The molecule has 0 saturated carbocycles. The lowest BCUT2D eigenvalue weighted by atomic mass is 9.92. The van der Waals surface area contributed by atoms with Crippen molar-refractivity contribution in [3.8, 4) is 5.75 Å². The van der Waals surface area contributed by atoms with Crippen molar-refractivity contribution >= 4 is 5.91 Å². The number of nitrogens with zero attached hydrogens (tertiary/aromatic N) is 1. The third-order valence-electron chi connectivity index (χ3n) is 4.56. The van der Waals surface area contributed by atoms with Gasteiger partial charge in [0.2, 0.25) is 5.91 Å². The SMILES string of the molecule is O=C([C@H]1CC=CCC1)N1CCC(Oc2ccc(F)cc2F)CC1. The Bertz CT molecular complexity index is 595. The first kappa shape index (κ1) is 16.0. The lowest BCUT2D eigenvalue weighted by Gasteiger charge is -2.34. The van der Waals surface area contributed by atoms with Crippen LogP contribution in [0, 0.1) is 17.6 Å². The molecule has 1 heterocycles. The van der Waals surface area contributed by atoms with E-state index in [9.17, 15) is 13.6 Å². The van der Waals surface area contributed by atoms with Crippen molar-refractivity contribution < 1.29 is 18.3 Å². The molecule has 1 aliphatic carbocycles. The molecule has 1 saturated heterocycles. The number of hydrogen-bond donors (Lipinski definition) is 0. The summed E-state index contributed by atoms with van der Waals surface area (Å²) < 4.78 is 32.1. The molecule has 1 amide bonds. The fourth-order valence-corrected chi connectivity index (χ4v) is 3.22. The lowest BCUT2D eigenvalue weighted by molar-refractivity contribution is -0.137. The highest BCUT2D eigenvalue weighted by Gasteiger charge is 2.29. The van der Waals surface area contributed by atoms with Crippen molar-refractivity contribution in [1.82, 2.24) is 4.90 Å². The molecule has 1 aliphatic heterocycles. The van der Waals surface area contributed by atoms with Gasteiger partial charge in [0, 0.05) is 37.9 Å². The highest BCUT2D eigenvalue weighted by atomic mass is 19.1. The van der Waals surface area contributed by atoms with Gasteiger partial charge in [-0.15, -0.1) is 0 Å². The van der Waals surface area contributed by atoms with Crippen molar-refractivity contribution in [1.29, 1.82) is 0 Å². The highest BCUT2D eigenvalue weighted by Crippen LogP contribution is 2.25. The Balaban J connectivity index is 1.52. The number of piperidine rings is 1. The van der Waals surface area contributed by atoms with E-state index in [1.165, 1.54) is 12.1 Å². The first-order valence-electron chi connectivity index (χ1n) is 8.19. The highest BCUT2D eigenvalue weighted by molar-refractivity contribution is 5.79. The molecule has 0 radical (unpaired) electrons. The molecule has 1 aromatic carbocycles. The number of carbonyl (C=O) groups excluding carboxylic acids is 1. The van der Waals surface area contributed by atoms with E-state index in [-0.39, 0.29) is 23.7 Å². The Labute approximate surface area is 134 Å². The van der Waals surface area contributed by atoms with Crippen LogP contribution in [0.1, 0.15) is 32.1 Å². The molecule has 3 nitrogen and oxygen atoms in total. The zero-order valence-corrected chi connectivity index (χ0v) is 13.0. The van der Waals surface area contributed by atoms with Crippen LogP contribution in [0.15, 0.2) is 30.4 Å². The molecule has 124 valence electrons. The summed E-state index contributed by atoms with van der Waals surface area (Å²) in [5.74, 6) is -0.893. The number of likely N-dealkylation sites (tertiary alicyclic amines) is 1. The van der Waals surface area contributed by atoms with Crippen LogP contribution in [-0.4, -0.2) is 30.0 Å². The van der Waals surface area contributed by atoms with Crippen molar-refractivity contribution in [3.05, 3.63) is 42.0 Å². The standard InChI is InChI=1S/C18H21F2NO2/c19-14-6-7-17(16(20)12-14)23-15-8-10-21(11-9-15)18(22)13-4-2-1-3-5-13/h1-2,6-7,12-13,15H,3-5,8-11H2/t13-/m0/s1. The number of hydrogen-bond acceptors (Lipinski definition) is 2. The number of benzene rings is 1. The van der Waals surface area contributed by atoms with E-state index >= 15 is 0 Å². The summed E-state index contributed by atoms with van der Waals surface area (Å²) in [6.07, 6.45) is 8.14. The van der Waals surface area contributed by atoms with Crippen LogP contribution in [0.3, 0.4) is 0 Å². The van der Waals surface area contributed by atoms with Crippen LogP contribution in [0.2, 0.25) is 0 Å². The monoisotopic (exact) mass is 321 g/mol. The molecule has 0 bridgehead atoms. The number of amides is 1. The lowest BCUT2D eigenvalue weighted by Crippen LogP contribution is -2.44. The quantitative estimate of drug-likeness (QED) is 0.795. The molecule has 1 aromatic rings. The maximum atomic E-state index is 13.6. The molecule has 0 N–H and O–H groups in total. The fourth-order valence-electron chi connectivity index (χ4n) is 3.22. The maximum Gasteiger partial charge on any atom is 0.226 e. The number of rotatable bonds is 3. The van der Waals surface area contributed by atoms with E-state index in [4.69, 9.17) is 4.74 Å². The third kappa shape index (κ3) is 3.89. The van der Waals surface area contributed by atoms with Crippen LogP contribution in [-0.2, 0) is 4.79 Å². The molecular formula is C18H21F2NO2. The van der Waals surface area contributed by atoms with Crippen molar-refractivity contribution in [2.75, 3.05) is 13.1 Å². The van der Waals surface area contributed by atoms with Gasteiger partial charge in [-0.3, -0.25) is 4.79 Å². The zero-order valence-electron chi connectivity index (χ0n) is 13.0. The van der Waals surface area contributed by atoms with E-state index in [2.05, 4.69) is 12.2 Å². The first-order valence-corrected chi connectivity index (χ1v) is 8.19. The van der Waals surface area contributed by atoms with E-state index in [1.54, 1.807) is 0 Å². The van der Waals surface area contributed by atoms with E-state index in [1.807, 2.05) is 4.90 Å². The normalized spacial score (nSPS) is 22.2. The van der Waals surface area contributed by atoms with Crippen molar-refractivity contribution in [3.63, 3.8) is 0 Å². The minimum absolute atomic E-state index is 0.0774. The summed E-state index contributed by atoms with van der Waals surface area (Å²) in [4.78, 5) is 14.4. The van der Waals surface area contributed by atoms with Gasteiger partial charge in [-0.05, 0) is 31.4 Å². The van der Waals surface area contributed by atoms with Gasteiger partial charge in [0.25, 0.3) is 0 Å². The predicted molar refractivity (Wildman–Crippen MR) is 83.1 cm³/mol. The molecular weight excluding hydrogens is 300 g/mol.